The molecule has 0 aliphatic rings. The van der Waals surface area contributed by atoms with Gasteiger partial charge in [-0.15, -0.1) is 0 Å². The van der Waals surface area contributed by atoms with Crippen molar-refractivity contribution in [3.63, 3.8) is 0 Å². The van der Waals surface area contributed by atoms with Crippen LogP contribution in [0.5, 0.6) is 0 Å². The molecule has 3 N–H and O–H groups in total. The molecule has 2 rings (SSSR count). The van der Waals surface area contributed by atoms with Crippen molar-refractivity contribution >= 4 is 21.8 Å². The highest BCUT2D eigenvalue weighted by atomic mass is 32.2. The van der Waals surface area contributed by atoms with Gasteiger partial charge < -0.3 is 10.6 Å². The summed E-state index contributed by atoms with van der Waals surface area (Å²) >= 11 is 0. The Bertz CT molecular complexity index is 1020. The maximum Gasteiger partial charge on any atom is 0.244 e. The molecule has 0 aromatic heterocycles. The molecule has 0 fully saturated rings. The number of amides is 2. The largest absolute Gasteiger partial charge is 0.350 e. The number of halogens is 1. The number of carbonyl (C=O) groups excluding carboxylic acids is 2. The molecule has 168 valence electrons. The first-order valence-corrected chi connectivity index (χ1v) is 11.3. The van der Waals surface area contributed by atoms with E-state index >= 15 is 0 Å². The molecule has 0 spiro atoms. The smallest absolute Gasteiger partial charge is 0.244 e. The minimum Gasteiger partial charge on any atom is -0.350 e. The van der Waals surface area contributed by atoms with Gasteiger partial charge in [0.2, 0.25) is 21.8 Å². The van der Waals surface area contributed by atoms with Gasteiger partial charge in [0.1, 0.15) is 22.8 Å². The number of rotatable bonds is 8. The molecule has 0 unspecified atom stereocenters. The van der Waals surface area contributed by atoms with Crippen LogP contribution in [-0.4, -0.2) is 37.9 Å². The van der Waals surface area contributed by atoms with Crippen LogP contribution in [0, 0.1) is 5.82 Å². The lowest BCUT2D eigenvalue weighted by Gasteiger charge is -2.25. The van der Waals surface area contributed by atoms with Crippen molar-refractivity contribution in [1.82, 2.24) is 15.4 Å². The van der Waals surface area contributed by atoms with E-state index in [0.717, 1.165) is 12.1 Å². The summed E-state index contributed by atoms with van der Waals surface area (Å²) in [6.07, 6.45) is 0.0218. The first-order valence-electron chi connectivity index (χ1n) is 9.82. The summed E-state index contributed by atoms with van der Waals surface area (Å²) in [5.41, 5.74) is 0.206. The van der Waals surface area contributed by atoms with Crippen LogP contribution in [0.1, 0.15) is 33.3 Å². The third kappa shape index (κ3) is 7.45. The lowest BCUT2D eigenvalue weighted by molar-refractivity contribution is -0.130. The molecule has 0 aliphatic heterocycles. The van der Waals surface area contributed by atoms with Gasteiger partial charge in [-0.1, -0.05) is 42.5 Å². The van der Waals surface area contributed by atoms with Crippen LogP contribution in [0.3, 0.4) is 0 Å². The standard InChI is InChI=1S/C22H28FN3O4S/c1-15(20(27)25-22(2,3)4)24-21(28)18(14-16-10-6-5-7-11-16)26-31(29,30)19-13-9-8-12-17(19)23/h5-13,15,18,26H,14H2,1-4H3,(H,24,28)(H,25,27)/t15-,18-/m0/s1. The quantitative estimate of drug-likeness (QED) is 0.574. The fourth-order valence-corrected chi connectivity index (χ4v) is 4.08. The third-order valence-electron chi connectivity index (χ3n) is 4.27. The number of hydrogen-bond donors (Lipinski definition) is 3. The molecule has 2 amide bonds. The molecule has 0 aliphatic carbocycles. The van der Waals surface area contributed by atoms with Crippen LogP contribution in [0.15, 0.2) is 59.5 Å². The zero-order chi connectivity index (χ0) is 23.2. The third-order valence-corrected chi connectivity index (χ3v) is 5.78. The molecule has 0 heterocycles. The average Bonchev–Trinajstić information content (AvgIpc) is 2.67. The summed E-state index contributed by atoms with van der Waals surface area (Å²) in [6, 6.07) is 11.6. The topological polar surface area (TPSA) is 104 Å². The van der Waals surface area contributed by atoms with E-state index in [4.69, 9.17) is 0 Å². The van der Waals surface area contributed by atoms with E-state index in [0.29, 0.717) is 5.56 Å². The maximum atomic E-state index is 14.1. The molecule has 0 saturated heterocycles. The molecule has 2 aromatic carbocycles. The van der Waals surface area contributed by atoms with Gasteiger partial charge in [-0.3, -0.25) is 9.59 Å². The van der Waals surface area contributed by atoms with Gasteiger partial charge in [-0.05, 0) is 51.8 Å². The molecule has 0 bridgehead atoms. The van der Waals surface area contributed by atoms with Crippen molar-refractivity contribution in [1.29, 1.82) is 0 Å². The molecule has 31 heavy (non-hydrogen) atoms. The van der Waals surface area contributed by atoms with Gasteiger partial charge in [0.15, 0.2) is 0 Å². The van der Waals surface area contributed by atoms with Gasteiger partial charge in [-0.2, -0.15) is 4.72 Å². The first-order chi connectivity index (χ1) is 14.4. The predicted molar refractivity (Wildman–Crippen MR) is 116 cm³/mol. The minimum absolute atomic E-state index is 0.0218. The highest BCUT2D eigenvalue weighted by Gasteiger charge is 2.30. The second-order valence-corrected chi connectivity index (χ2v) is 9.95. The summed E-state index contributed by atoms with van der Waals surface area (Å²) in [7, 11) is -4.33. The van der Waals surface area contributed by atoms with E-state index in [2.05, 4.69) is 15.4 Å². The van der Waals surface area contributed by atoms with Crippen LogP contribution in [0.25, 0.3) is 0 Å². The SMILES string of the molecule is C[C@H](NC(=O)[C@H](Cc1ccccc1)NS(=O)(=O)c1ccccc1F)C(=O)NC(C)(C)C. The summed E-state index contributed by atoms with van der Waals surface area (Å²) in [6.45, 7) is 6.92. The van der Waals surface area contributed by atoms with E-state index in [9.17, 15) is 22.4 Å². The highest BCUT2D eigenvalue weighted by Crippen LogP contribution is 2.15. The number of benzene rings is 2. The highest BCUT2D eigenvalue weighted by molar-refractivity contribution is 7.89. The van der Waals surface area contributed by atoms with E-state index in [1.165, 1.54) is 19.1 Å². The van der Waals surface area contributed by atoms with Crippen LogP contribution >= 0.6 is 0 Å². The normalized spacial score (nSPS) is 13.8. The van der Waals surface area contributed by atoms with E-state index in [-0.39, 0.29) is 6.42 Å². The lowest BCUT2D eigenvalue weighted by atomic mass is 10.1. The van der Waals surface area contributed by atoms with Gasteiger partial charge in [-0.25, -0.2) is 12.8 Å². The number of nitrogens with one attached hydrogen (secondary N) is 3. The number of carbonyl (C=O) groups is 2. The van der Waals surface area contributed by atoms with Crippen molar-refractivity contribution in [2.24, 2.45) is 0 Å². The van der Waals surface area contributed by atoms with E-state index in [1.807, 2.05) is 0 Å². The Morgan fingerprint density at radius 3 is 2.13 bits per heavy atom. The second-order valence-electron chi connectivity index (χ2n) is 8.26. The van der Waals surface area contributed by atoms with E-state index < -0.39 is 50.2 Å². The van der Waals surface area contributed by atoms with Crippen LogP contribution in [0.2, 0.25) is 0 Å². The van der Waals surface area contributed by atoms with E-state index in [1.54, 1.807) is 51.1 Å². The summed E-state index contributed by atoms with van der Waals surface area (Å²) in [5, 5.41) is 5.29. The zero-order valence-electron chi connectivity index (χ0n) is 18.0. The average molecular weight is 450 g/mol. The van der Waals surface area contributed by atoms with Gasteiger partial charge in [0.25, 0.3) is 0 Å². The van der Waals surface area contributed by atoms with Crippen molar-refractivity contribution in [2.45, 2.75) is 56.6 Å². The fraction of sp³-hybridized carbons (Fsp3) is 0.364. The van der Waals surface area contributed by atoms with Gasteiger partial charge in [0.05, 0.1) is 0 Å². The Balaban J connectivity index is 2.25. The van der Waals surface area contributed by atoms with Gasteiger partial charge >= 0.3 is 0 Å². The second kappa shape index (κ2) is 10.0. The molecular weight excluding hydrogens is 421 g/mol. The van der Waals surface area contributed by atoms with Crippen LogP contribution < -0.4 is 15.4 Å². The molecule has 7 nitrogen and oxygen atoms in total. The van der Waals surface area contributed by atoms with Crippen molar-refractivity contribution in [3.8, 4) is 0 Å². The summed E-state index contributed by atoms with van der Waals surface area (Å²) in [4.78, 5) is 24.7. The molecule has 2 aromatic rings. The molecule has 0 saturated carbocycles. The van der Waals surface area contributed by atoms with Gasteiger partial charge in [0, 0.05) is 5.54 Å². The predicted octanol–water partition coefficient (Wildman–Crippen LogP) is 2.13. The van der Waals surface area contributed by atoms with Crippen molar-refractivity contribution in [3.05, 3.63) is 66.0 Å². The molecule has 9 heteroatoms. The Hall–Kier alpha value is -2.78. The summed E-state index contributed by atoms with van der Waals surface area (Å²) in [5.74, 6) is -2.02. The minimum atomic E-state index is -4.33. The number of hydrogen-bond acceptors (Lipinski definition) is 4. The Morgan fingerprint density at radius 2 is 1.55 bits per heavy atom. The molecule has 0 radical (unpaired) electrons. The zero-order valence-corrected chi connectivity index (χ0v) is 18.8. The Kier molecular flexibility index (Phi) is 7.91. The number of sulfonamides is 1. The lowest BCUT2D eigenvalue weighted by Crippen LogP contribution is -2.55. The van der Waals surface area contributed by atoms with Crippen molar-refractivity contribution < 1.29 is 22.4 Å². The monoisotopic (exact) mass is 449 g/mol. The first kappa shape index (κ1) is 24.5. The Labute approximate surface area is 182 Å². The fourth-order valence-electron chi connectivity index (χ4n) is 2.81. The molecule has 2 atom stereocenters. The summed E-state index contributed by atoms with van der Waals surface area (Å²) < 4.78 is 41.9. The Morgan fingerprint density at radius 1 is 0.968 bits per heavy atom. The maximum absolute atomic E-state index is 14.1. The van der Waals surface area contributed by atoms with Crippen LogP contribution in [0.4, 0.5) is 4.39 Å². The van der Waals surface area contributed by atoms with Crippen molar-refractivity contribution in [2.75, 3.05) is 0 Å². The molecular formula is C22H28FN3O4S. The van der Waals surface area contributed by atoms with Crippen LogP contribution in [-0.2, 0) is 26.0 Å².